The molecule has 0 atom stereocenters. The van der Waals surface area contributed by atoms with Gasteiger partial charge >= 0.3 is 0 Å². The van der Waals surface area contributed by atoms with E-state index in [0.717, 1.165) is 23.9 Å². The molecule has 0 spiro atoms. The lowest BCUT2D eigenvalue weighted by molar-refractivity contribution is -0.113. The average Bonchev–Trinajstić information content (AvgIpc) is 2.94. The smallest absolute Gasteiger partial charge is 0.234 e. The number of nitrogens with zero attached hydrogens (tertiary/aromatic N) is 2. The predicted octanol–water partition coefficient (Wildman–Crippen LogP) is 4.67. The Labute approximate surface area is 155 Å². The van der Waals surface area contributed by atoms with E-state index in [2.05, 4.69) is 10.4 Å². The molecule has 1 heterocycles. The third-order valence-corrected chi connectivity index (χ3v) is 5.37. The number of hydrogen-bond acceptors (Lipinski definition) is 5. The van der Waals surface area contributed by atoms with Gasteiger partial charge in [-0.3, -0.25) is 4.79 Å². The van der Waals surface area contributed by atoms with Crippen molar-refractivity contribution in [2.75, 3.05) is 11.1 Å². The summed E-state index contributed by atoms with van der Waals surface area (Å²) in [7, 11) is 0. The van der Waals surface area contributed by atoms with Gasteiger partial charge in [-0.15, -0.1) is 5.10 Å². The molecule has 25 heavy (non-hydrogen) atoms. The van der Waals surface area contributed by atoms with Crippen molar-refractivity contribution in [2.45, 2.75) is 4.34 Å². The second-order valence-corrected chi connectivity index (χ2v) is 7.72. The molecule has 2 aromatic carbocycles. The van der Waals surface area contributed by atoms with Gasteiger partial charge in [-0.2, -0.15) is 0 Å². The molecule has 1 aromatic heterocycles. The highest BCUT2D eigenvalue weighted by molar-refractivity contribution is 8.01. The van der Waals surface area contributed by atoms with Crippen LogP contribution in [0.25, 0.3) is 5.69 Å². The fraction of sp³-hybridized carbons (Fsp3) is 0.0625. The highest BCUT2D eigenvalue weighted by Crippen LogP contribution is 2.24. The van der Waals surface area contributed by atoms with Gasteiger partial charge < -0.3 is 5.32 Å². The molecule has 0 fully saturated rings. The highest BCUT2D eigenvalue weighted by atomic mass is 32.2. The zero-order valence-corrected chi connectivity index (χ0v) is 15.1. The van der Waals surface area contributed by atoms with E-state index in [1.165, 1.54) is 23.1 Å². The molecule has 0 saturated heterocycles. The summed E-state index contributed by atoms with van der Waals surface area (Å²) < 4.78 is 29.1. The van der Waals surface area contributed by atoms with Crippen LogP contribution in [0.15, 0.2) is 52.9 Å². The van der Waals surface area contributed by atoms with Crippen LogP contribution < -0.4 is 5.32 Å². The number of amides is 1. The van der Waals surface area contributed by atoms with Crippen LogP contribution in [0.2, 0.25) is 0 Å². The number of anilines is 1. The van der Waals surface area contributed by atoms with Crippen LogP contribution in [0.4, 0.5) is 14.5 Å². The first-order chi connectivity index (χ1) is 12.0. The number of benzene rings is 2. The quantitative estimate of drug-likeness (QED) is 0.504. The lowest BCUT2D eigenvalue weighted by Gasteiger charge is -2.04. The first-order valence-electron chi connectivity index (χ1n) is 7.05. The molecule has 0 unspecified atom stereocenters. The monoisotopic (exact) mass is 395 g/mol. The van der Waals surface area contributed by atoms with Gasteiger partial charge in [0.1, 0.15) is 11.6 Å². The first-order valence-corrected chi connectivity index (χ1v) is 9.26. The Kier molecular flexibility index (Phi) is 5.57. The molecule has 128 valence electrons. The van der Waals surface area contributed by atoms with Gasteiger partial charge in [0.25, 0.3) is 0 Å². The molecule has 3 rings (SSSR count). The van der Waals surface area contributed by atoms with E-state index in [-0.39, 0.29) is 17.3 Å². The molecular formula is C16H11F2N3OS3. The molecule has 0 aliphatic heterocycles. The minimum atomic E-state index is -0.748. The second kappa shape index (κ2) is 7.85. The maximum Gasteiger partial charge on any atom is 0.234 e. The lowest BCUT2D eigenvalue weighted by Crippen LogP contribution is -2.14. The fourth-order valence-electron chi connectivity index (χ4n) is 2.00. The minimum absolute atomic E-state index is 0.0508. The normalized spacial score (nSPS) is 10.6. The first kappa shape index (κ1) is 17.7. The van der Waals surface area contributed by atoms with Gasteiger partial charge in [-0.1, -0.05) is 41.3 Å². The van der Waals surface area contributed by atoms with Crippen molar-refractivity contribution in [1.82, 2.24) is 9.78 Å². The van der Waals surface area contributed by atoms with Crippen molar-refractivity contribution >= 4 is 46.9 Å². The Hall–Kier alpha value is -2.10. The summed E-state index contributed by atoms with van der Waals surface area (Å²) >= 11 is 7.79. The number of para-hydroxylation sites is 1. The molecule has 9 heteroatoms. The average molecular weight is 395 g/mol. The van der Waals surface area contributed by atoms with E-state index in [1.54, 1.807) is 4.68 Å². The molecule has 0 radical (unpaired) electrons. The standard InChI is InChI=1S/C16H11F2N3OS3/c17-10-6-11(18)8-12(7-10)19-14(22)9-24-15-20-21(16(23)25-15)13-4-2-1-3-5-13/h1-8H,9H2,(H,19,22). The van der Waals surface area contributed by atoms with Crippen LogP contribution in [0.1, 0.15) is 0 Å². The van der Waals surface area contributed by atoms with E-state index >= 15 is 0 Å². The lowest BCUT2D eigenvalue weighted by atomic mass is 10.3. The van der Waals surface area contributed by atoms with Crippen LogP contribution in [-0.4, -0.2) is 21.4 Å². The van der Waals surface area contributed by atoms with Gasteiger partial charge in [-0.05, 0) is 36.5 Å². The van der Waals surface area contributed by atoms with E-state index in [1.807, 2.05) is 30.3 Å². The van der Waals surface area contributed by atoms with E-state index in [9.17, 15) is 13.6 Å². The maximum atomic E-state index is 13.1. The van der Waals surface area contributed by atoms with Crippen molar-refractivity contribution in [2.24, 2.45) is 0 Å². The Morgan fingerprint density at radius 3 is 2.56 bits per heavy atom. The molecule has 0 bridgehead atoms. The van der Waals surface area contributed by atoms with Crippen LogP contribution in [0.3, 0.4) is 0 Å². The molecule has 4 nitrogen and oxygen atoms in total. The van der Waals surface area contributed by atoms with E-state index < -0.39 is 11.6 Å². The summed E-state index contributed by atoms with van der Waals surface area (Å²) in [6, 6.07) is 12.3. The van der Waals surface area contributed by atoms with Gasteiger partial charge in [-0.25, -0.2) is 13.5 Å². The number of carbonyl (C=O) groups excluding carboxylic acids is 1. The Morgan fingerprint density at radius 1 is 1.20 bits per heavy atom. The molecule has 3 aromatic rings. The molecule has 0 aliphatic rings. The number of nitrogens with one attached hydrogen (secondary N) is 1. The zero-order valence-electron chi connectivity index (χ0n) is 12.6. The van der Waals surface area contributed by atoms with Crippen LogP contribution >= 0.6 is 35.3 Å². The van der Waals surface area contributed by atoms with Crippen molar-refractivity contribution < 1.29 is 13.6 Å². The van der Waals surface area contributed by atoms with Crippen molar-refractivity contribution in [3.8, 4) is 5.69 Å². The SMILES string of the molecule is O=C(CSc1nn(-c2ccccc2)c(=S)s1)Nc1cc(F)cc(F)c1. The number of aromatic nitrogens is 2. The molecule has 1 amide bonds. The van der Waals surface area contributed by atoms with Crippen LogP contribution in [0, 0.1) is 15.6 Å². The molecule has 0 aliphatic carbocycles. The fourth-order valence-corrected chi connectivity index (χ4v) is 4.16. The van der Waals surface area contributed by atoms with Gasteiger partial charge in [0.2, 0.25) is 5.91 Å². The number of hydrogen-bond donors (Lipinski definition) is 1. The van der Waals surface area contributed by atoms with Gasteiger partial charge in [0.05, 0.1) is 11.4 Å². The Balaban J connectivity index is 1.64. The number of carbonyl (C=O) groups is 1. The number of thioether (sulfide) groups is 1. The van der Waals surface area contributed by atoms with Crippen molar-refractivity contribution in [3.05, 3.63) is 64.1 Å². The summed E-state index contributed by atoms with van der Waals surface area (Å²) in [5, 5.41) is 6.83. The van der Waals surface area contributed by atoms with E-state index in [0.29, 0.717) is 8.29 Å². The molecular weight excluding hydrogens is 384 g/mol. The third kappa shape index (κ3) is 4.71. The van der Waals surface area contributed by atoms with Crippen LogP contribution in [-0.2, 0) is 4.79 Å². The number of rotatable bonds is 5. The van der Waals surface area contributed by atoms with Gasteiger partial charge in [0, 0.05) is 11.8 Å². The summed E-state index contributed by atoms with van der Waals surface area (Å²) in [4.78, 5) is 11.9. The van der Waals surface area contributed by atoms with Crippen molar-refractivity contribution in [1.29, 1.82) is 0 Å². The highest BCUT2D eigenvalue weighted by Gasteiger charge is 2.10. The summed E-state index contributed by atoms with van der Waals surface area (Å²) in [5.74, 6) is -1.83. The zero-order chi connectivity index (χ0) is 17.8. The molecule has 1 N–H and O–H groups in total. The Morgan fingerprint density at radius 2 is 1.88 bits per heavy atom. The Bertz CT molecular complexity index is 937. The summed E-state index contributed by atoms with van der Waals surface area (Å²) in [6.45, 7) is 0. The topological polar surface area (TPSA) is 46.9 Å². The summed E-state index contributed by atoms with van der Waals surface area (Å²) in [6.07, 6.45) is 0. The van der Waals surface area contributed by atoms with Crippen LogP contribution in [0.5, 0.6) is 0 Å². The predicted molar refractivity (Wildman–Crippen MR) is 98.0 cm³/mol. The number of halogens is 2. The largest absolute Gasteiger partial charge is 0.325 e. The van der Waals surface area contributed by atoms with E-state index in [4.69, 9.17) is 12.2 Å². The second-order valence-electron chi connectivity index (χ2n) is 4.88. The molecule has 0 saturated carbocycles. The van der Waals surface area contributed by atoms with Gasteiger partial charge in [0.15, 0.2) is 8.29 Å². The third-order valence-electron chi connectivity index (χ3n) is 3.00. The maximum absolute atomic E-state index is 13.1. The minimum Gasteiger partial charge on any atom is -0.325 e. The summed E-state index contributed by atoms with van der Waals surface area (Å²) in [5.41, 5.74) is 0.917. The van der Waals surface area contributed by atoms with Crippen molar-refractivity contribution in [3.63, 3.8) is 0 Å².